The Hall–Kier alpha value is -0.420. The van der Waals surface area contributed by atoms with Crippen LogP contribution in [0.4, 0.5) is 0 Å². The molecule has 2 heterocycles. The lowest BCUT2D eigenvalue weighted by molar-refractivity contribution is 0.241. The van der Waals surface area contributed by atoms with Crippen LogP contribution in [0.5, 0.6) is 0 Å². The summed E-state index contributed by atoms with van der Waals surface area (Å²) in [5.74, 6) is 0. The second-order valence-electron chi connectivity index (χ2n) is 4.30. The van der Waals surface area contributed by atoms with Crippen molar-refractivity contribution in [3.63, 3.8) is 0 Å². The number of rotatable bonds is 5. The average molecular weight is 239 g/mol. The van der Waals surface area contributed by atoms with Gasteiger partial charge >= 0.3 is 0 Å². The molecule has 2 rings (SSSR count). The molecule has 1 aliphatic rings. The molecule has 0 aliphatic carbocycles. The number of nitrogens with zero attached hydrogens (tertiary/aromatic N) is 1. The van der Waals surface area contributed by atoms with E-state index >= 15 is 0 Å². The minimum absolute atomic E-state index is 1.02. The molecule has 1 fully saturated rings. The molecular weight excluding hydrogens is 218 g/mol. The van der Waals surface area contributed by atoms with E-state index in [1.807, 2.05) is 11.3 Å². The molecule has 16 heavy (non-hydrogen) atoms. The molecule has 4 heteroatoms. The normalized spacial score (nSPS) is 17.8. The topological polar surface area (TPSA) is 27.3 Å². The van der Waals surface area contributed by atoms with Crippen LogP contribution in [-0.4, -0.2) is 44.2 Å². The first-order valence-corrected chi connectivity index (χ1v) is 6.91. The summed E-state index contributed by atoms with van der Waals surface area (Å²) in [6.07, 6.45) is 0. The van der Waals surface area contributed by atoms with Crippen molar-refractivity contribution >= 4 is 11.3 Å². The van der Waals surface area contributed by atoms with Gasteiger partial charge in [-0.2, -0.15) is 0 Å². The van der Waals surface area contributed by atoms with E-state index in [1.54, 1.807) is 0 Å². The van der Waals surface area contributed by atoms with Crippen LogP contribution in [0.15, 0.2) is 11.4 Å². The van der Waals surface area contributed by atoms with Crippen molar-refractivity contribution in [1.29, 1.82) is 0 Å². The highest BCUT2D eigenvalue weighted by Crippen LogP contribution is 2.14. The van der Waals surface area contributed by atoms with Crippen LogP contribution in [0.25, 0.3) is 0 Å². The monoisotopic (exact) mass is 239 g/mol. The maximum atomic E-state index is 3.52. The van der Waals surface area contributed by atoms with Crippen molar-refractivity contribution in [3.05, 3.63) is 21.9 Å². The Morgan fingerprint density at radius 3 is 2.94 bits per heavy atom. The summed E-state index contributed by atoms with van der Waals surface area (Å²) in [4.78, 5) is 3.99. The van der Waals surface area contributed by atoms with E-state index in [1.165, 1.54) is 30.1 Å². The van der Waals surface area contributed by atoms with Crippen LogP contribution in [-0.2, 0) is 6.54 Å². The standard InChI is InChI=1S/C12H21N3S/c1-11-2-9-16-12(11)10-14-5-8-15-6-3-13-4-7-15/h2,9,13-14H,3-8,10H2,1H3. The summed E-state index contributed by atoms with van der Waals surface area (Å²) in [7, 11) is 0. The maximum absolute atomic E-state index is 3.52. The van der Waals surface area contributed by atoms with Gasteiger partial charge in [0, 0.05) is 50.7 Å². The maximum Gasteiger partial charge on any atom is 0.0302 e. The van der Waals surface area contributed by atoms with E-state index in [9.17, 15) is 0 Å². The Balaban J connectivity index is 1.59. The van der Waals surface area contributed by atoms with E-state index in [0.29, 0.717) is 0 Å². The van der Waals surface area contributed by atoms with E-state index in [-0.39, 0.29) is 0 Å². The fraction of sp³-hybridized carbons (Fsp3) is 0.667. The average Bonchev–Trinajstić information content (AvgIpc) is 2.72. The van der Waals surface area contributed by atoms with Gasteiger partial charge in [0.1, 0.15) is 0 Å². The van der Waals surface area contributed by atoms with Gasteiger partial charge in [-0.3, -0.25) is 4.90 Å². The summed E-state index contributed by atoms with van der Waals surface area (Å²) in [6.45, 7) is 10.1. The molecule has 1 saturated heterocycles. The number of thiophene rings is 1. The Bertz CT molecular complexity index is 305. The van der Waals surface area contributed by atoms with Crippen molar-refractivity contribution in [1.82, 2.24) is 15.5 Å². The van der Waals surface area contributed by atoms with Crippen molar-refractivity contribution in [3.8, 4) is 0 Å². The second-order valence-corrected chi connectivity index (χ2v) is 5.30. The predicted molar refractivity (Wildman–Crippen MR) is 70.1 cm³/mol. The first-order valence-electron chi connectivity index (χ1n) is 6.03. The Kier molecular flexibility index (Phi) is 4.78. The van der Waals surface area contributed by atoms with Gasteiger partial charge in [0.25, 0.3) is 0 Å². The zero-order valence-electron chi connectivity index (χ0n) is 9.96. The Morgan fingerprint density at radius 1 is 1.44 bits per heavy atom. The predicted octanol–water partition coefficient (Wildman–Crippen LogP) is 1.05. The molecule has 2 N–H and O–H groups in total. The number of aryl methyl sites for hydroxylation is 1. The van der Waals surface area contributed by atoms with Crippen molar-refractivity contribution < 1.29 is 0 Å². The van der Waals surface area contributed by atoms with Gasteiger partial charge < -0.3 is 10.6 Å². The van der Waals surface area contributed by atoms with Gasteiger partial charge in [0.15, 0.2) is 0 Å². The van der Waals surface area contributed by atoms with E-state index < -0.39 is 0 Å². The first kappa shape index (κ1) is 12.0. The van der Waals surface area contributed by atoms with Gasteiger partial charge in [-0.25, -0.2) is 0 Å². The van der Waals surface area contributed by atoms with Crippen LogP contribution in [0.1, 0.15) is 10.4 Å². The third-order valence-electron chi connectivity index (χ3n) is 3.07. The van der Waals surface area contributed by atoms with Crippen molar-refractivity contribution in [2.45, 2.75) is 13.5 Å². The molecule has 3 nitrogen and oxygen atoms in total. The largest absolute Gasteiger partial charge is 0.314 e. The molecule has 0 radical (unpaired) electrons. The SMILES string of the molecule is Cc1ccsc1CNCCN1CCNCC1. The van der Waals surface area contributed by atoms with Gasteiger partial charge in [0.2, 0.25) is 0 Å². The van der Waals surface area contributed by atoms with E-state index in [0.717, 1.165) is 26.2 Å². The minimum Gasteiger partial charge on any atom is -0.314 e. The third-order valence-corrected chi connectivity index (χ3v) is 4.09. The smallest absolute Gasteiger partial charge is 0.0302 e. The fourth-order valence-corrected chi connectivity index (χ4v) is 2.83. The molecule has 0 bridgehead atoms. The molecule has 0 atom stereocenters. The lowest BCUT2D eigenvalue weighted by atomic mass is 10.3. The zero-order valence-corrected chi connectivity index (χ0v) is 10.8. The van der Waals surface area contributed by atoms with Crippen LogP contribution < -0.4 is 10.6 Å². The van der Waals surface area contributed by atoms with Crippen LogP contribution in [0.2, 0.25) is 0 Å². The molecule has 0 unspecified atom stereocenters. The highest BCUT2D eigenvalue weighted by atomic mass is 32.1. The van der Waals surface area contributed by atoms with Gasteiger partial charge in [-0.15, -0.1) is 11.3 Å². The van der Waals surface area contributed by atoms with Gasteiger partial charge in [0.05, 0.1) is 0 Å². The highest BCUT2D eigenvalue weighted by molar-refractivity contribution is 7.10. The summed E-state index contributed by atoms with van der Waals surface area (Å²) < 4.78 is 0. The Morgan fingerprint density at radius 2 is 2.25 bits per heavy atom. The van der Waals surface area contributed by atoms with Crippen LogP contribution in [0.3, 0.4) is 0 Å². The van der Waals surface area contributed by atoms with Crippen molar-refractivity contribution in [2.24, 2.45) is 0 Å². The zero-order chi connectivity index (χ0) is 11.2. The molecular formula is C12H21N3S. The summed E-state index contributed by atoms with van der Waals surface area (Å²) in [5, 5.41) is 9.07. The molecule has 1 aromatic rings. The van der Waals surface area contributed by atoms with Crippen LogP contribution >= 0.6 is 11.3 Å². The molecule has 0 aromatic carbocycles. The number of hydrogen-bond acceptors (Lipinski definition) is 4. The van der Waals surface area contributed by atoms with Gasteiger partial charge in [-0.05, 0) is 23.9 Å². The third kappa shape index (κ3) is 3.56. The summed E-state index contributed by atoms with van der Waals surface area (Å²) in [6, 6.07) is 2.19. The highest BCUT2D eigenvalue weighted by Gasteiger charge is 2.08. The van der Waals surface area contributed by atoms with Crippen LogP contribution in [0, 0.1) is 6.92 Å². The number of hydrogen-bond donors (Lipinski definition) is 2. The van der Waals surface area contributed by atoms with Gasteiger partial charge in [-0.1, -0.05) is 0 Å². The first-order chi connectivity index (χ1) is 7.86. The molecule has 0 spiro atoms. The van der Waals surface area contributed by atoms with E-state index in [4.69, 9.17) is 0 Å². The lowest BCUT2D eigenvalue weighted by Crippen LogP contribution is -2.45. The Labute approximate surface area is 102 Å². The number of nitrogens with one attached hydrogen (secondary N) is 2. The molecule has 0 amide bonds. The van der Waals surface area contributed by atoms with E-state index in [2.05, 4.69) is 33.9 Å². The molecule has 0 saturated carbocycles. The lowest BCUT2D eigenvalue weighted by Gasteiger charge is -2.27. The fourth-order valence-electron chi connectivity index (χ4n) is 1.96. The number of piperazine rings is 1. The summed E-state index contributed by atoms with van der Waals surface area (Å²) in [5.41, 5.74) is 1.42. The molecule has 1 aromatic heterocycles. The minimum atomic E-state index is 1.02. The molecule has 90 valence electrons. The second kappa shape index (κ2) is 6.35. The molecule has 1 aliphatic heterocycles. The summed E-state index contributed by atoms with van der Waals surface area (Å²) >= 11 is 1.85. The quantitative estimate of drug-likeness (QED) is 0.752. The van der Waals surface area contributed by atoms with Crippen molar-refractivity contribution in [2.75, 3.05) is 39.3 Å².